The van der Waals surface area contributed by atoms with Crippen molar-refractivity contribution in [2.24, 2.45) is 0 Å². The number of hydrogen-bond donors (Lipinski definition) is 1. The third-order valence-corrected chi connectivity index (χ3v) is 5.26. The monoisotopic (exact) mass is 341 g/mol. The maximum absolute atomic E-state index is 5.29. The summed E-state index contributed by atoms with van der Waals surface area (Å²) in [5, 5.41) is 13.1. The molecule has 0 aliphatic carbocycles. The fourth-order valence-corrected chi connectivity index (χ4v) is 4.14. The van der Waals surface area contributed by atoms with Crippen LogP contribution in [0.4, 0.5) is 0 Å². The molecule has 1 aromatic carbocycles. The van der Waals surface area contributed by atoms with Gasteiger partial charge in [-0.15, -0.1) is 11.3 Å². The molecule has 0 aliphatic heterocycles. The molecule has 4 aromatic rings. The van der Waals surface area contributed by atoms with Gasteiger partial charge in [-0.1, -0.05) is 18.2 Å². The van der Waals surface area contributed by atoms with Gasteiger partial charge in [0.1, 0.15) is 4.83 Å². The predicted molar refractivity (Wildman–Crippen MR) is 95.8 cm³/mol. The minimum Gasteiger partial charge on any atom is -0.300 e. The standard InChI is InChI=1S/C16H15N5S2/c1-3-20-14(17-18-16(20)22)13-9-12-10(2)19-21(15(12)23-13)11-7-5-4-6-8-11/h4-9H,3H2,1-2H3,(H,18,22). The fraction of sp³-hybridized carbons (Fsp3) is 0.188. The Morgan fingerprint density at radius 3 is 2.78 bits per heavy atom. The Hall–Kier alpha value is -2.25. The van der Waals surface area contributed by atoms with Gasteiger partial charge in [0.05, 0.1) is 16.3 Å². The van der Waals surface area contributed by atoms with E-state index in [1.807, 2.05) is 34.4 Å². The molecule has 23 heavy (non-hydrogen) atoms. The highest BCUT2D eigenvalue weighted by Crippen LogP contribution is 2.35. The summed E-state index contributed by atoms with van der Waals surface area (Å²) < 4.78 is 4.66. The third kappa shape index (κ3) is 2.24. The number of benzene rings is 1. The molecule has 0 saturated heterocycles. The summed E-state index contributed by atoms with van der Waals surface area (Å²) in [5.41, 5.74) is 2.08. The second-order valence-electron chi connectivity index (χ2n) is 5.26. The van der Waals surface area contributed by atoms with Gasteiger partial charge in [-0.25, -0.2) is 4.68 Å². The molecule has 7 heteroatoms. The van der Waals surface area contributed by atoms with Crippen LogP contribution in [0, 0.1) is 11.7 Å². The van der Waals surface area contributed by atoms with E-state index in [2.05, 4.69) is 40.4 Å². The van der Waals surface area contributed by atoms with Crippen LogP contribution in [0.2, 0.25) is 0 Å². The summed E-state index contributed by atoms with van der Waals surface area (Å²) in [7, 11) is 0. The summed E-state index contributed by atoms with van der Waals surface area (Å²) in [6.07, 6.45) is 0. The molecule has 0 spiro atoms. The molecule has 0 saturated carbocycles. The first-order valence-corrected chi connectivity index (χ1v) is 8.61. The van der Waals surface area contributed by atoms with E-state index in [0.717, 1.165) is 38.8 Å². The van der Waals surface area contributed by atoms with Crippen molar-refractivity contribution in [2.45, 2.75) is 20.4 Å². The molecule has 4 rings (SSSR count). The van der Waals surface area contributed by atoms with E-state index < -0.39 is 0 Å². The topological polar surface area (TPSA) is 51.4 Å². The highest BCUT2D eigenvalue weighted by atomic mass is 32.1. The number of aromatic amines is 1. The summed E-state index contributed by atoms with van der Waals surface area (Å²) >= 11 is 6.98. The molecule has 3 aromatic heterocycles. The first kappa shape index (κ1) is 14.3. The Kier molecular flexibility index (Phi) is 3.39. The Bertz CT molecular complexity index is 1040. The van der Waals surface area contributed by atoms with E-state index in [9.17, 15) is 0 Å². The van der Waals surface area contributed by atoms with Gasteiger partial charge in [-0.3, -0.25) is 9.67 Å². The highest BCUT2D eigenvalue weighted by Gasteiger charge is 2.17. The van der Waals surface area contributed by atoms with Crippen LogP contribution in [-0.2, 0) is 6.54 Å². The Labute approximate surface area is 142 Å². The van der Waals surface area contributed by atoms with Crippen LogP contribution >= 0.6 is 23.6 Å². The van der Waals surface area contributed by atoms with E-state index in [0.29, 0.717) is 4.77 Å². The minimum atomic E-state index is 0.654. The lowest BCUT2D eigenvalue weighted by Crippen LogP contribution is -1.96. The van der Waals surface area contributed by atoms with Crippen LogP contribution in [0.25, 0.3) is 26.6 Å². The molecule has 3 heterocycles. The Balaban J connectivity index is 1.94. The van der Waals surface area contributed by atoms with E-state index in [1.54, 1.807) is 11.3 Å². The first-order chi connectivity index (χ1) is 11.2. The van der Waals surface area contributed by atoms with Gasteiger partial charge in [-0.2, -0.15) is 10.2 Å². The quantitative estimate of drug-likeness (QED) is 0.564. The largest absolute Gasteiger partial charge is 0.300 e. The third-order valence-electron chi connectivity index (χ3n) is 3.84. The van der Waals surface area contributed by atoms with Crippen molar-refractivity contribution < 1.29 is 0 Å². The summed E-state index contributed by atoms with van der Waals surface area (Å²) in [6, 6.07) is 12.3. The highest BCUT2D eigenvalue weighted by molar-refractivity contribution is 7.71. The number of rotatable bonds is 3. The smallest absolute Gasteiger partial charge is 0.195 e. The molecule has 0 unspecified atom stereocenters. The van der Waals surface area contributed by atoms with Crippen LogP contribution in [0.15, 0.2) is 36.4 Å². The van der Waals surface area contributed by atoms with Gasteiger partial charge in [0.25, 0.3) is 0 Å². The molecular weight excluding hydrogens is 326 g/mol. The van der Waals surface area contributed by atoms with E-state index in [1.165, 1.54) is 0 Å². The average Bonchev–Trinajstić information content (AvgIpc) is 3.23. The maximum Gasteiger partial charge on any atom is 0.195 e. The van der Waals surface area contributed by atoms with Gasteiger partial charge >= 0.3 is 0 Å². The van der Waals surface area contributed by atoms with Gasteiger partial charge in [0.2, 0.25) is 0 Å². The predicted octanol–water partition coefficient (Wildman–Crippen LogP) is 4.34. The number of aromatic nitrogens is 5. The molecule has 0 amide bonds. The van der Waals surface area contributed by atoms with E-state index in [4.69, 9.17) is 12.2 Å². The number of nitrogens with zero attached hydrogens (tertiary/aromatic N) is 4. The van der Waals surface area contributed by atoms with Crippen molar-refractivity contribution in [2.75, 3.05) is 0 Å². The van der Waals surface area contributed by atoms with Crippen molar-refractivity contribution in [3.8, 4) is 16.4 Å². The molecule has 5 nitrogen and oxygen atoms in total. The number of hydrogen-bond acceptors (Lipinski definition) is 4. The molecule has 116 valence electrons. The van der Waals surface area contributed by atoms with Gasteiger partial charge in [-0.05, 0) is 44.3 Å². The van der Waals surface area contributed by atoms with Crippen LogP contribution in [0.5, 0.6) is 0 Å². The number of thiophene rings is 1. The molecule has 0 atom stereocenters. The summed E-state index contributed by atoms with van der Waals surface area (Å²) in [5.74, 6) is 0.887. The summed E-state index contributed by atoms with van der Waals surface area (Å²) in [4.78, 5) is 2.22. The van der Waals surface area contributed by atoms with Crippen LogP contribution in [0.1, 0.15) is 12.6 Å². The minimum absolute atomic E-state index is 0.654. The van der Waals surface area contributed by atoms with Crippen molar-refractivity contribution >= 4 is 33.8 Å². The number of nitrogens with one attached hydrogen (secondary N) is 1. The Morgan fingerprint density at radius 1 is 1.26 bits per heavy atom. The van der Waals surface area contributed by atoms with Gasteiger partial charge < -0.3 is 0 Å². The molecule has 0 aliphatic rings. The van der Waals surface area contributed by atoms with Gasteiger partial charge in [0, 0.05) is 11.9 Å². The number of H-pyrrole nitrogens is 1. The lowest BCUT2D eigenvalue weighted by atomic mass is 10.3. The SMILES string of the molecule is CCn1c(-c2cc3c(C)nn(-c4ccccc4)c3s2)n[nH]c1=S. The zero-order valence-corrected chi connectivity index (χ0v) is 14.4. The maximum atomic E-state index is 5.29. The molecule has 1 N–H and O–H groups in total. The number of fused-ring (bicyclic) bond motifs is 1. The lowest BCUT2D eigenvalue weighted by molar-refractivity contribution is 0.757. The zero-order valence-electron chi connectivity index (χ0n) is 12.8. The second kappa shape index (κ2) is 5.43. The molecule has 0 fully saturated rings. The van der Waals surface area contributed by atoms with Crippen molar-refractivity contribution in [1.29, 1.82) is 0 Å². The van der Waals surface area contributed by atoms with E-state index in [-0.39, 0.29) is 0 Å². The van der Waals surface area contributed by atoms with E-state index >= 15 is 0 Å². The molecule has 0 bridgehead atoms. The van der Waals surface area contributed by atoms with Crippen LogP contribution in [0.3, 0.4) is 0 Å². The second-order valence-corrected chi connectivity index (χ2v) is 6.68. The molecule has 0 radical (unpaired) electrons. The number of aryl methyl sites for hydroxylation is 1. The van der Waals surface area contributed by atoms with Crippen molar-refractivity contribution in [3.63, 3.8) is 0 Å². The number of para-hydroxylation sites is 1. The van der Waals surface area contributed by atoms with Crippen LogP contribution < -0.4 is 0 Å². The molecular formula is C16H15N5S2. The average molecular weight is 341 g/mol. The Morgan fingerprint density at radius 2 is 2.04 bits per heavy atom. The zero-order chi connectivity index (χ0) is 16.0. The normalized spacial score (nSPS) is 11.4. The fourth-order valence-electron chi connectivity index (χ4n) is 2.70. The first-order valence-electron chi connectivity index (χ1n) is 7.39. The van der Waals surface area contributed by atoms with Gasteiger partial charge in [0.15, 0.2) is 10.6 Å². The lowest BCUT2D eigenvalue weighted by Gasteiger charge is -2.02. The van der Waals surface area contributed by atoms with Crippen LogP contribution in [-0.4, -0.2) is 24.5 Å². The van der Waals surface area contributed by atoms with Crippen molar-refractivity contribution in [1.82, 2.24) is 24.5 Å². The van der Waals surface area contributed by atoms with Crippen molar-refractivity contribution in [3.05, 3.63) is 46.9 Å². The summed E-state index contributed by atoms with van der Waals surface area (Å²) in [6.45, 7) is 4.90.